The lowest BCUT2D eigenvalue weighted by Gasteiger charge is -2.32. The highest BCUT2D eigenvalue weighted by atomic mass is 15.3. The molecule has 6 nitrogen and oxygen atoms in total. The van der Waals surface area contributed by atoms with Crippen LogP contribution in [0, 0.1) is 0 Å². The molecule has 1 aliphatic rings. The van der Waals surface area contributed by atoms with Gasteiger partial charge in [-0.05, 0) is 31.0 Å². The number of aromatic nitrogens is 4. The maximum Gasteiger partial charge on any atom is 0.225 e. The minimum atomic E-state index is 0.396. The lowest BCUT2D eigenvalue weighted by Crippen LogP contribution is -2.36. The molecule has 124 valence electrons. The fourth-order valence-electron chi connectivity index (χ4n) is 3.43. The van der Waals surface area contributed by atoms with E-state index in [0.29, 0.717) is 5.92 Å². The van der Waals surface area contributed by atoms with E-state index in [1.165, 1.54) is 0 Å². The van der Waals surface area contributed by atoms with Gasteiger partial charge in [-0.3, -0.25) is 0 Å². The molecule has 1 aliphatic heterocycles. The molecule has 4 rings (SSSR count). The van der Waals surface area contributed by atoms with E-state index in [0.717, 1.165) is 48.9 Å². The van der Waals surface area contributed by atoms with Gasteiger partial charge in [-0.1, -0.05) is 0 Å². The summed E-state index contributed by atoms with van der Waals surface area (Å²) in [5.74, 6) is 2.23. The molecule has 1 saturated heterocycles. The predicted octanol–water partition coefficient (Wildman–Crippen LogP) is 2.57. The molecule has 0 N–H and O–H groups in total. The molecule has 0 aliphatic carbocycles. The van der Waals surface area contributed by atoms with E-state index in [2.05, 4.69) is 48.7 Å². The van der Waals surface area contributed by atoms with Gasteiger partial charge in [0.2, 0.25) is 5.95 Å². The maximum atomic E-state index is 4.96. The number of fused-ring (bicyclic) bond motifs is 1. The Kier molecular flexibility index (Phi) is 3.80. The molecule has 3 aromatic heterocycles. The van der Waals surface area contributed by atoms with Crippen LogP contribution in [-0.2, 0) is 0 Å². The van der Waals surface area contributed by atoms with E-state index in [4.69, 9.17) is 4.98 Å². The third-order valence-electron chi connectivity index (χ3n) is 4.61. The molecule has 0 amide bonds. The standard InChI is InChI=1S/C18H22N6/c1-22(2)17-16-7-4-10-23(16)13-15(21-17)14-6-3-11-24(12-14)18-19-8-5-9-20-18/h4-5,7-10,13-14H,3,6,11-12H2,1-2H3/t14-/m0/s1. The summed E-state index contributed by atoms with van der Waals surface area (Å²) in [7, 11) is 4.09. The van der Waals surface area contributed by atoms with Gasteiger partial charge in [0.05, 0.1) is 11.2 Å². The SMILES string of the molecule is CN(C)c1nc([C@H]2CCCN(c3ncccn3)C2)cn2cccc12. The van der Waals surface area contributed by atoms with Crippen LogP contribution in [0.25, 0.3) is 5.52 Å². The first-order valence-electron chi connectivity index (χ1n) is 8.39. The van der Waals surface area contributed by atoms with Gasteiger partial charge in [-0.2, -0.15) is 0 Å². The lowest BCUT2D eigenvalue weighted by molar-refractivity contribution is 0.494. The smallest absolute Gasteiger partial charge is 0.225 e. The average Bonchev–Trinajstić information content (AvgIpc) is 3.10. The molecule has 3 aromatic rings. The summed E-state index contributed by atoms with van der Waals surface area (Å²) in [5, 5.41) is 0. The lowest BCUT2D eigenvalue weighted by atomic mass is 9.95. The maximum absolute atomic E-state index is 4.96. The van der Waals surface area contributed by atoms with Crippen LogP contribution in [0.2, 0.25) is 0 Å². The molecule has 1 atom stereocenters. The van der Waals surface area contributed by atoms with Crippen molar-refractivity contribution in [2.75, 3.05) is 37.0 Å². The van der Waals surface area contributed by atoms with E-state index < -0.39 is 0 Å². The van der Waals surface area contributed by atoms with Gasteiger partial charge in [0, 0.05) is 57.9 Å². The van der Waals surface area contributed by atoms with Gasteiger partial charge in [-0.15, -0.1) is 0 Å². The highest BCUT2D eigenvalue weighted by Crippen LogP contribution is 2.29. The Morgan fingerprint density at radius 1 is 1.17 bits per heavy atom. The Hall–Kier alpha value is -2.63. The van der Waals surface area contributed by atoms with Crippen LogP contribution in [0.15, 0.2) is 43.0 Å². The molecule has 0 unspecified atom stereocenters. The van der Waals surface area contributed by atoms with Gasteiger partial charge in [0.25, 0.3) is 0 Å². The third-order valence-corrected chi connectivity index (χ3v) is 4.61. The molecular weight excluding hydrogens is 300 g/mol. The van der Waals surface area contributed by atoms with Crippen LogP contribution in [-0.4, -0.2) is 46.5 Å². The second-order valence-corrected chi connectivity index (χ2v) is 6.52. The van der Waals surface area contributed by atoms with Crippen LogP contribution < -0.4 is 9.80 Å². The number of hydrogen-bond acceptors (Lipinski definition) is 5. The van der Waals surface area contributed by atoms with Crippen molar-refractivity contribution in [3.05, 3.63) is 48.7 Å². The van der Waals surface area contributed by atoms with Crippen LogP contribution in [0.5, 0.6) is 0 Å². The number of hydrogen-bond donors (Lipinski definition) is 0. The molecule has 0 bridgehead atoms. The van der Waals surface area contributed by atoms with Crippen LogP contribution in [0.3, 0.4) is 0 Å². The Labute approximate surface area is 141 Å². The van der Waals surface area contributed by atoms with Crippen molar-refractivity contribution in [3.8, 4) is 0 Å². The van der Waals surface area contributed by atoms with E-state index in [-0.39, 0.29) is 0 Å². The fraction of sp³-hybridized carbons (Fsp3) is 0.389. The number of rotatable bonds is 3. The first kappa shape index (κ1) is 14.9. The van der Waals surface area contributed by atoms with Crippen LogP contribution >= 0.6 is 0 Å². The molecule has 1 fully saturated rings. The largest absolute Gasteiger partial charge is 0.361 e. The van der Waals surface area contributed by atoms with Gasteiger partial charge >= 0.3 is 0 Å². The third kappa shape index (κ3) is 2.68. The first-order valence-corrected chi connectivity index (χ1v) is 8.39. The van der Waals surface area contributed by atoms with Crippen molar-refractivity contribution >= 4 is 17.3 Å². The molecule has 0 aromatic carbocycles. The highest BCUT2D eigenvalue weighted by Gasteiger charge is 2.25. The second kappa shape index (κ2) is 6.11. The summed E-state index contributed by atoms with van der Waals surface area (Å²) >= 11 is 0. The summed E-state index contributed by atoms with van der Waals surface area (Å²) < 4.78 is 2.18. The first-order chi connectivity index (χ1) is 11.7. The molecule has 6 heteroatoms. The van der Waals surface area contributed by atoms with E-state index in [1.807, 2.05) is 20.2 Å². The Bertz CT molecular complexity index is 826. The Morgan fingerprint density at radius 2 is 2.00 bits per heavy atom. The summed E-state index contributed by atoms with van der Waals surface area (Å²) in [6.07, 6.45) is 10.2. The van der Waals surface area contributed by atoms with Crippen molar-refractivity contribution < 1.29 is 0 Å². The quantitative estimate of drug-likeness (QED) is 0.742. The zero-order valence-electron chi connectivity index (χ0n) is 14.1. The van der Waals surface area contributed by atoms with Crippen molar-refractivity contribution in [3.63, 3.8) is 0 Å². The molecule has 24 heavy (non-hydrogen) atoms. The minimum absolute atomic E-state index is 0.396. The van der Waals surface area contributed by atoms with Crippen molar-refractivity contribution in [2.24, 2.45) is 0 Å². The van der Waals surface area contributed by atoms with Crippen molar-refractivity contribution in [2.45, 2.75) is 18.8 Å². The van der Waals surface area contributed by atoms with E-state index in [1.54, 1.807) is 12.4 Å². The predicted molar refractivity (Wildman–Crippen MR) is 95.7 cm³/mol. The molecule has 0 radical (unpaired) electrons. The molecule has 0 spiro atoms. The average molecular weight is 322 g/mol. The van der Waals surface area contributed by atoms with Crippen LogP contribution in [0.4, 0.5) is 11.8 Å². The number of anilines is 2. The van der Waals surface area contributed by atoms with E-state index >= 15 is 0 Å². The normalized spacial score (nSPS) is 18.1. The van der Waals surface area contributed by atoms with Crippen LogP contribution in [0.1, 0.15) is 24.5 Å². The molecular formula is C18H22N6. The van der Waals surface area contributed by atoms with Crippen molar-refractivity contribution in [1.29, 1.82) is 0 Å². The fourth-order valence-corrected chi connectivity index (χ4v) is 3.43. The van der Waals surface area contributed by atoms with Gasteiger partial charge in [0.1, 0.15) is 0 Å². The highest BCUT2D eigenvalue weighted by molar-refractivity contribution is 5.69. The van der Waals surface area contributed by atoms with Gasteiger partial charge in [-0.25, -0.2) is 15.0 Å². The summed E-state index contributed by atoms with van der Waals surface area (Å²) in [5.41, 5.74) is 2.28. The zero-order valence-corrected chi connectivity index (χ0v) is 14.1. The number of nitrogens with zero attached hydrogens (tertiary/aromatic N) is 6. The minimum Gasteiger partial charge on any atom is -0.361 e. The number of piperidine rings is 1. The summed E-state index contributed by atoms with van der Waals surface area (Å²) in [6, 6.07) is 6.03. The van der Waals surface area contributed by atoms with Gasteiger partial charge < -0.3 is 14.2 Å². The monoisotopic (exact) mass is 322 g/mol. The Balaban J connectivity index is 1.67. The summed E-state index contributed by atoms with van der Waals surface area (Å²) in [6.45, 7) is 1.92. The van der Waals surface area contributed by atoms with Gasteiger partial charge in [0.15, 0.2) is 5.82 Å². The molecule has 4 heterocycles. The summed E-state index contributed by atoms with van der Waals surface area (Å²) in [4.78, 5) is 18.1. The molecule has 0 saturated carbocycles. The topological polar surface area (TPSA) is 49.6 Å². The second-order valence-electron chi connectivity index (χ2n) is 6.52. The Morgan fingerprint density at radius 3 is 2.79 bits per heavy atom. The van der Waals surface area contributed by atoms with E-state index in [9.17, 15) is 0 Å². The zero-order chi connectivity index (χ0) is 16.5. The van der Waals surface area contributed by atoms with Crippen molar-refractivity contribution in [1.82, 2.24) is 19.4 Å².